The van der Waals surface area contributed by atoms with Crippen LogP contribution in [0.4, 0.5) is 22.0 Å². The number of nitrogens with one attached hydrogen (secondary N) is 1. The van der Waals surface area contributed by atoms with Crippen LogP contribution in [0.25, 0.3) is 17.0 Å². The zero-order chi connectivity index (χ0) is 28.8. The molecule has 1 fully saturated rings. The lowest BCUT2D eigenvalue weighted by molar-refractivity contribution is -0.0374. The Labute approximate surface area is 229 Å². The van der Waals surface area contributed by atoms with Crippen molar-refractivity contribution in [1.29, 1.82) is 0 Å². The van der Waals surface area contributed by atoms with Crippen LogP contribution in [0.3, 0.4) is 0 Å². The molecule has 0 spiro atoms. The Morgan fingerprint density at radius 2 is 1.93 bits per heavy atom. The Bertz CT molecular complexity index is 1440. The standard InChI is InChI=1S/C30H32F5N3O2/c1-17-10-22-21-5-4-20(29(39)40)14-25(21)36-27(22)28(38(17)16-30(2,34)35)26-23(32)12-19(13-24(26)33)11-18-6-9-37(15-18)8-3-7-31/h4-5,11-14,17,28,36H,3,6-10,15-16H2,1-2H3,(H,39,40)/b18-11-/t17-,28-/m1/s1. The molecule has 2 aromatic carbocycles. The predicted octanol–water partition coefficient (Wildman–Crippen LogP) is 6.58. The zero-order valence-electron chi connectivity index (χ0n) is 22.4. The average Bonchev–Trinajstić information content (AvgIpc) is 3.46. The van der Waals surface area contributed by atoms with E-state index in [1.165, 1.54) is 29.2 Å². The second-order valence-electron chi connectivity index (χ2n) is 11.1. The lowest BCUT2D eigenvalue weighted by Gasteiger charge is -2.42. The number of aromatic carboxylic acids is 1. The predicted molar refractivity (Wildman–Crippen MR) is 144 cm³/mol. The number of hydrogen-bond acceptors (Lipinski definition) is 3. The van der Waals surface area contributed by atoms with E-state index >= 15 is 8.78 Å². The molecule has 2 N–H and O–H groups in total. The van der Waals surface area contributed by atoms with E-state index in [-0.39, 0.29) is 11.1 Å². The monoisotopic (exact) mass is 561 g/mol. The smallest absolute Gasteiger partial charge is 0.335 e. The highest BCUT2D eigenvalue weighted by atomic mass is 19.3. The first-order valence-electron chi connectivity index (χ1n) is 13.4. The zero-order valence-corrected chi connectivity index (χ0v) is 22.4. The summed E-state index contributed by atoms with van der Waals surface area (Å²) in [6, 6.07) is 5.34. The van der Waals surface area contributed by atoms with Crippen molar-refractivity contribution in [2.75, 3.05) is 32.9 Å². The first-order chi connectivity index (χ1) is 18.9. The molecule has 5 rings (SSSR count). The summed E-state index contributed by atoms with van der Waals surface area (Å²) in [7, 11) is 0. The van der Waals surface area contributed by atoms with Crippen molar-refractivity contribution in [2.45, 2.75) is 51.1 Å². The van der Waals surface area contributed by atoms with Crippen molar-refractivity contribution >= 4 is 22.9 Å². The number of fused-ring (bicyclic) bond motifs is 3. The molecule has 3 heterocycles. The van der Waals surface area contributed by atoms with Crippen LogP contribution in [0, 0.1) is 11.6 Å². The highest BCUT2D eigenvalue weighted by molar-refractivity contribution is 5.95. The number of carboxylic acid groups (broad SMARTS) is 1. The van der Waals surface area contributed by atoms with Crippen LogP contribution in [-0.4, -0.2) is 70.7 Å². The summed E-state index contributed by atoms with van der Waals surface area (Å²) in [5, 5.41) is 10.1. The third kappa shape index (κ3) is 5.65. The van der Waals surface area contributed by atoms with Crippen LogP contribution in [0.15, 0.2) is 35.9 Å². The summed E-state index contributed by atoms with van der Waals surface area (Å²) >= 11 is 0. The van der Waals surface area contributed by atoms with Gasteiger partial charge >= 0.3 is 5.97 Å². The van der Waals surface area contributed by atoms with Crippen molar-refractivity contribution in [3.8, 4) is 0 Å². The fourth-order valence-corrected chi connectivity index (χ4v) is 6.10. The number of aromatic nitrogens is 1. The molecule has 0 amide bonds. The summed E-state index contributed by atoms with van der Waals surface area (Å²) in [6.07, 6.45) is 3.23. The molecule has 0 aliphatic carbocycles. The van der Waals surface area contributed by atoms with E-state index in [2.05, 4.69) is 9.88 Å². The van der Waals surface area contributed by atoms with Crippen LogP contribution in [0.2, 0.25) is 0 Å². The van der Waals surface area contributed by atoms with Gasteiger partial charge in [0.15, 0.2) is 0 Å². The van der Waals surface area contributed by atoms with E-state index in [1.807, 2.05) is 0 Å². The summed E-state index contributed by atoms with van der Waals surface area (Å²) in [5.74, 6) is -5.95. The van der Waals surface area contributed by atoms with Crippen molar-refractivity contribution in [3.63, 3.8) is 0 Å². The van der Waals surface area contributed by atoms with Crippen LogP contribution in [-0.2, 0) is 6.42 Å². The van der Waals surface area contributed by atoms with Crippen molar-refractivity contribution in [1.82, 2.24) is 14.8 Å². The number of hydrogen-bond donors (Lipinski definition) is 2. The number of aromatic amines is 1. The molecule has 1 saturated heterocycles. The van der Waals surface area contributed by atoms with E-state index in [0.717, 1.165) is 24.6 Å². The van der Waals surface area contributed by atoms with Crippen molar-refractivity contribution in [3.05, 3.63) is 75.5 Å². The van der Waals surface area contributed by atoms with Gasteiger partial charge in [-0.25, -0.2) is 22.4 Å². The average molecular weight is 562 g/mol. The van der Waals surface area contributed by atoms with Gasteiger partial charge in [-0.05, 0) is 61.6 Å². The Morgan fingerprint density at radius 3 is 2.58 bits per heavy atom. The number of nitrogens with zero attached hydrogens (tertiary/aromatic N) is 2. The fraction of sp³-hybridized carbons (Fsp3) is 0.433. The molecule has 0 unspecified atom stereocenters. The second kappa shape index (κ2) is 11.0. The van der Waals surface area contributed by atoms with Gasteiger partial charge in [0.1, 0.15) is 11.6 Å². The molecular weight excluding hydrogens is 529 g/mol. The number of carbonyl (C=O) groups is 1. The maximum atomic E-state index is 15.8. The second-order valence-corrected chi connectivity index (χ2v) is 11.1. The number of benzene rings is 2. The van der Waals surface area contributed by atoms with Crippen LogP contribution in [0.5, 0.6) is 0 Å². The van der Waals surface area contributed by atoms with E-state index in [9.17, 15) is 23.1 Å². The summed E-state index contributed by atoms with van der Waals surface area (Å²) in [6.45, 7) is 3.38. The first-order valence-corrected chi connectivity index (χ1v) is 13.4. The lowest BCUT2D eigenvalue weighted by Crippen LogP contribution is -2.47. The Balaban J connectivity index is 1.58. The SMILES string of the molecule is C[C@@H]1Cc2c([nH]c3cc(C(=O)O)ccc23)[C@@H](c2c(F)cc(/C=C3/CCN(CCCF)C3)cc2F)N1CC(C)(F)F. The molecule has 40 heavy (non-hydrogen) atoms. The molecule has 5 nitrogen and oxygen atoms in total. The van der Waals surface area contributed by atoms with Crippen LogP contribution in [0.1, 0.15) is 65.5 Å². The van der Waals surface area contributed by atoms with Gasteiger partial charge in [0, 0.05) is 54.8 Å². The number of alkyl halides is 3. The number of likely N-dealkylation sites (tertiary alicyclic amines) is 1. The quantitative estimate of drug-likeness (QED) is 0.305. The lowest BCUT2D eigenvalue weighted by atomic mass is 9.87. The van der Waals surface area contributed by atoms with Gasteiger partial charge in [-0.3, -0.25) is 14.2 Å². The highest BCUT2D eigenvalue weighted by Gasteiger charge is 2.42. The molecule has 10 heteroatoms. The molecule has 1 aromatic heterocycles. The van der Waals surface area contributed by atoms with Gasteiger partial charge in [0.2, 0.25) is 0 Å². The minimum Gasteiger partial charge on any atom is -0.478 e. The number of H-pyrrole nitrogens is 1. The van der Waals surface area contributed by atoms with E-state index in [4.69, 9.17) is 0 Å². The van der Waals surface area contributed by atoms with Crippen LogP contribution >= 0.6 is 0 Å². The third-order valence-electron chi connectivity index (χ3n) is 7.85. The number of rotatable bonds is 8. The Morgan fingerprint density at radius 1 is 1.20 bits per heavy atom. The van der Waals surface area contributed by atoms with Crippen LogP contribution < -0.4 is 0 Å². The van der Waals surface area contributed by atoms with Gasteiger partial charge in [-0.1, -0.05) is 17.7 Å². The fourth-order valence-electron chi connectivity index (χ4n) is 6.10. The van der Waals surface area contributed by atoms with Gasteiger partial charge in [-0.2, -0.15) is 0 Å². The molecular formula is C30H32F5N3O2. The molecule has 0 bridgehead atoms. The van der Waals surface area contributed by atoms with E-state index in [1.54, 1.807) is 19.1 Å². The van der Waals surface area contributed by atoms with E-state index < -0.39 is 48.8 Å². The van der Waals surface area contributed by atoms with Gasteiger partial charge in [0.05, 0.1) is 24.8 Å². The summed E-state index contributed by atoms with van der Waals surface area (Å²) < 4.78 is 72.9. The van der Waals surface area contributed by atoms with Crippen molar-refractivity contribution < 1.29 is 31.9 Å². The summed E-state index contributed by atoms with van der Waals surface area (Å²) in [5.41, 5.74) is 2.59. The van der Waals surface area contributed by atoms with E-state index in [0.29, 0.717) is 54.5 Å². The van der Waals surface area contributed by atoms with Gasteiger partial charge in [0.25, 0.3) is 5.92 Å². The molecule has 2 aliphatic rings. The molecule has 2 aliphatic heterocycles. The molecule has 2 atom stereocenters. The Hall–Kier alpha value is -3.24. The third-order valence-corrected chi connectivity index (χ3v) is 7.85. The summed E-state index contributed by atoms with van der Waals surface area (Å²) in [4.78, 5) is 18.1. The Kier molecular flexibility index (Phi) is 7.76. The maximum absolute atomic E-state index is 15.8. The minimum atomic E-state index is -3.12. The van der Waals surface area contributed by atoms with Crippen molar-refractivity contribution in [2.24, 2.45) is 0 Å². The van der Waals surface area contributed by atoms with Gasteiger partial charge < -0.3 is 10.1 Å². The maximum Gasteiger partial charge on any atom is 0.335 e. The number of carboxylic acids is 1. The molecule has 214 valence electrons. The minimum absolute atomic E-state index is 0.0394. The molecule has 3 aromatic rings. The normalized spacial score (nSPS) is 21.4. The van der Waals surface area contributed by atoms with Gasteiger partial charge in [-0.15, -0.1) is 0 Å². The number of halogens is 5. The topological polar surface area (TPSA) is 59.6 Å². The first kappa shape index (κ1) is 28.3. The molecule has 0 saturated carbocycles. The highest BCUT2D eigenvalue weighted by Crippen LogP contribution is 2.43. The molecule has 0 radical (unpaired) electrons. The largest absolute Gasteiger partial charge is 0.478 e.